The number of ether oxygens (including phenoxy) is 1. The van der Waals surface area contributed by atoms with E-state index in [9.17, 15) is 9.18 Å². The zero-order valence-corrected chi connectivity index (χ0v) is 16.3. The lowest BCUT2D eigenvalue weighted by molar-refractivity contribution is 0.0806. The first-order chi connectivity index (χ1) is 13.1. The number of hydrogen-bond donors (Lipinski definition) is 2. The summed E-state index contributed by atoms with van der Waals surface area (Å²) in [6, 6.07) is 5.85. The summed E-state index contributed by atoms with van der Waals surface area (Å²) < 4.78 is 19.0. The average Bonchev–Trinajstić information content (AvgIpc) is 3.21. The number of nitrogens with one attached hydrogen (secondary N) is 2. The van der Waals surface area contributed by atoms with Gasteiger partial charge in [0.2, 0.25) is 0 Å². The van der Waals surface area contributed by atoms with Crippen LogP contribution >= 0.6 is 0 Å². The van der Waals surface area contributed by atoms with Crippen LogP contribution in [0.15, 0.2) is 24.3 Å². The lowest BCUT2D eigenvalue weighted by atomic mass is 9.99. The minimum absolute atomic E-state index is 0.0630. The van der Waals surface area contributed by atoms with E-state index in [1.807, 2.05) is 0 Å². The Morgan fingerprint density at radius 2 is 1.96 bits per heavy atom. The van der Waals surface area contributed by atoms with Crippen molar-refractivity contribution in [3.8, 4) is 0 Å². The van der Waals surface area contributed by atoms with Crippen LogP contribution in [0.4, 0.5) is 9.18 Å². The predicted molar refractivity (Wildman–Crippen MR) is 104 cm³/mol. The fourth-order valence-corrected chi connectivity index (χ4v) is 4.03. The van der Waals surface area contributed by atoms with E-state index in [1.54, 1.807) is 12.1 Å². The lowest BCUT2D eigenvalue weighted by Gasteiger charge is -2.29. The summed E-state index contributed by atoms with van der Waals surface area (Å²) in [5.41, 5.74) is 0.875. The molecule has 1 aromatic carbocycles. The van der Waals surface area contributed by atoms with E-state index in [1.165, 1.54) is 44.5 Å². The number of piperidine rings is 1. The minimum Gasteiger partial charge on any atom is -0.376 e. The van der Waals surface area contributed by atoms with Crippen LogP contribution in [0.3, 0.4) is 0 Å². The summed E-state index contributed by atoms with van der Waals surface area (Å²) in [5, 5.41) is 6.04. The summed E-state index contributed by atoms with van der Waals surface area (Å²) in [4.78, 5) is 15.0. The molecule has 3 atom stereocenters. The van der Waals surface area contributed by atoms with Crippen molar-refractivity contribution >= 4 is 6.03 Å². The van der Waals surface area contributed by atoms with Gasteiger partial charge in [0.25, 0.3) is 0 Å². The number of carbonyl (C=O) groups is 1. The third-order valence-electron chi connectivity index (χ3n) is 5.48. The molecule has 0 saturated carbocycles. The number of likely N-dealkylation sites (tertiary alicyclic amines) is 1. The SMILES string of the molecule is CC(CNC(=O)NC(c1ccc(F)cc1)C1CCCO1)CN1CCCCC1. The Kier molecular flexibility index (Phi) is 7.47. The first-order valence-corrected chi connectivity index (χ1v) is 10.3. The molecular formula is C21H32FN3O2. The third kappa shape index (κ3) is 6.18. The van der Waals surface area contributed by atoms with Crippen molar-refractivity contribution in [1.82, 2.24) is 15.5 Å². The third-order valence-corrected chi connectivity index (χ3v) is 5.48. The summed E-state index contributed by atoms with van der Waals surface area (Å²) in [7, 11) is 0. The molecule has 2 saturated heterocycles. The van der Waals surface area contributed by atoms with Gasteiger partial charge in [-0.1, -0.05) is 25.5 Å². The molecule has 2 aliphatic rings. The van der Waals surface area contributed by atoms with Crippen LogP contribution in [0.1, 0.15) is 50.6 Å². The first kappa shape index (κ1) is 20.1. The molecule has 0 aliphatic carbocycles. The van der Waals surface area contributed by atoms with Crippen LogP contribution < -0.4 is 10.6 Å². The van der Waals surface area contributed by atoms with Gasteiger partial charge in [0.15, 0.2) is 0 Å². The number of hydrogen-bond acceptors (Lipinski definition) is 3. The Morgan fingerprint density at radius 3 is 2.63 bits per heavy atom. The summed E-state index contributed by atoms with van der Waals surface area (Å²) in [5.74, 6) is 0.127. The molecule has 150 valence electrons. The molecule has 0 spiro atoms. The van der Waals surface area contributed by atoms with Crippen molar-refractivity contribution < 1.29 is 13.9 Å². The molecule has 3 unspecified atom stereocenters. The van der Waals surface area contributed by atoms with E-state index in [-0.39, 0.29) is 24.0 Å². The Balaban J connectivity index is 1.50. The van der Waals surface area contributed by atoms with Crippen molar-refractivity contribution in [3.05, 3.63) is 35.6 Å². The molecule has 1 aromatic rings. The number of amides is 2. The van der Waals surface area contributed by atoms with Crippen molar-refractivity contribution in [3.63, 3.8) is 0 Å². The van der Waals surface area contributed by atoms with E-state index in [0.717, 1.165) is 24.9 Å². The Hall–Kier alpha value is -1.66. The smallest absolute Gasteiger partial charge is 0.315 e. The van der Waals surface area contributed by atoms with Crippen LogP contribution in [-0.4, -0.2) is 49.8 Å². The maximum Gasteiger partial charge on any atom is 0.315 e. The van der Waals surface area contributed by atoms with Gasteiger partial charge in [-0.2, -0.15) is 0 Å². The fraction of sp³-hybridized carbons (Fsp3) is 0.667. The van der Waals surface area contributed by atoms with Gasteiger partial charge in [0.1, 0.15) is 5.82 Å². The molecule has 0 bridgehead atoms. The fourth-order valence-electron chi connectivity index (χ4n) is 4.03. The highest BCUT2D eigenvalue weighted by molar-refractivity contribution is 5.74. The van der Waals surface area contributed by atoms with Crippen molar-refractivity contribution in [2.24, 2.45) is 5.92 Å². The molecular weight excluding hydrogens is 345 g/mol. The van der Waals surface area contributed by atoms with Gasteiger partial charge in [0, 0.05) is 19.7 Å². The molecule has 2 heterocycles. The molecule has 2 aliphatic heterocycles. The second-order valence-electron chi connectivity index (χ2n) is 7.90. The van der Waals surface area contributed by atoms with E-state index in [4.69, 9.17) is 4.74 Å². The highest BCUT2D eigenvalue weighted by atomic mass is 19.1. The summed E-state index contributed by atoms with van der Waals surface area (Å²) >= 11 is 0. The molecule has 2 fully saturated rings. The number of benzene rings is 1. The second-order valence-corrected chi connectivity index (χ2v) is 7.90. The molecule has 27 heavy (non-hydrogen) atoms. The van der Waals surface area contributed by atoms with E-state index in [0.29, 0.717) is 19.1 Å². The van der Waals surface area contributed by atoms with Crippen molar-refractivity contribution in [1.29, 1.82) is 0 Å². The molecule has 2 amide bonds. The van der Waals surface area contributed by atoms with Crippen molar-refractivity contribution in [2.45, 2.75) is 51.2 Å². The number of rotatable bonds is 7. The number of carbonyl (C=O) groups excluding carboxylic acids is 1. The molecule has 6 heteroatoms. The molecule has 0 radical (unpaired) electrons. The van der Waals surface area contributed by atoms with Gasteiger partial charge in [0.05, 0.1) is 12.1 Å². The maximum atomic E-state index is 13.3. The van der Waals surface area contributed by atoms with Gasteiger partial charge in [-0.15, -0.1) is 0 Å². The van der Waals surface area contributed by atoms with Crippen LogP contribution in [0, 0.1) is 11.7 Å². The van der Waals surface area contributed by atoms with Gasteiger partial charge >= 0.3 is 6.03 Å². The highest BCUT2D eigenvalue weighted by Gasteiger charge is 2.29. The second kappa shape index (κ2) is 10.0. The van der Waals surface area contributed by atoms with Crippen LogP contribution in [-0.2, 0) is 4.74 Å². The highest BCUT2D eigenvalue weighted by Crippen LogP contribution is 2.27. The zero-order chi connectivity index (χ0) is 19.1. The van der Waals surface area contributed by atoms with Crippen LogP contribution in [0.25, 0.3) is 0 Å². The quantitative estimate of drug-likeness (QED) is 0.765. The van der Waals surface area contributed by atoms with Gasteiger partial charge in [-0.25, -0.2) is 9.18 Å². The molecule has 0 aromatic heterocycles. The minimum atomic E-state index is -0.277. The number of urea groups is 1. The molecule has 5 nitrogen and oxygen atoms in total. The standard InChI is InChI=1S/C21H32FN3O2/c1-16(15-25-11-3-2-4-12-25)14-23-21(26)24-20(19-6-5-13-27-19)17-7-9-18(22)10-8-17/h7-10,16,19-20H,2-6,11-15H2,1H3,(H2,23,24,26). The van der Waals surface area contributed by atoms with E-state index < -0.39 is 0 Å². The van der Waals surface area contributed by atoms with E-state index >= 15 is 0 Å². The Labute approximate surface area is 161 Å². The zero-order valence-electron chi connectivity index (χ0n) is 16.3. The van der Waals surface area contributed by atoms with Crippen LogP contribution in [0.5, 0.6) is 0 Å². The first-order valence-electron chi connectivity index (χ1n) is 10.3. The van der Waals surface area contributed by atoms with Crippen LogP contribution in [0.2, 0.25) is 0 Å². The molecule has 3 rings (SSSR count). The van der Waals surface area contributed by atoms with Gasteiger partial charge in [-0.3, -0.25) is 0 Å². The summed E-state index contributed by atoms with van der Waals surface area (Å²) in [6.45, 7) is 6.88. The van der Waals surface area contributed by atoms with Gasteiger partial charge < -0.3 is 20.3 Å². The van der Waals surface area contributed by atoms with Crippen molar-refractivity contribution in [2.75, 3.05) is 32.8 Å². The maximum absolute atomic E-state index is 13.3. The molecule has 2 N–H and O–H groups in total. The largest absolute Gasteiger partial charge is 0.376 e. The van der Waals surface area contributed by atoms with Gasteiger partial charge in [-0.05, 0) is 62.4 Å². The summed E-state index contributed by atoms with van der Waals surface area (Å²) in [6.07, 6.45) is 5.71. The number of halogens is 1. The lowest BCUT2D eigenvalue weighted by Crippen LogP contribution is -2.44. The topological polar surface area (TPSA) is 53.6 Å². The number of nitrogens with zero attached hydrogens (tertiary/aromatic N) is 1. The Bertz CT molecular complexity index is 584. The normalized spacial score (nSPS) is 23.0. The van der Waals surface area contributed by atoms with E-state index in [2.05, 4.69) is 22.5 Å². The monoisotopic (exact) mass is 377 g/mol. The average molecular weight is 378 g/mol. The Morgan fingerprint density at radius 1 is 1.22 bits per heavy atom. The predicted octanol–water partition coefficient (Wildman–Crippen LogP) is 3.47.